The lowest BCUT2D eigenvalue weighted by atomic mass is 10.1. The second kappa shape index (κ2) is 11.0. The summed E-state index contributed by atoms with van der Waals surface area (Å²) in [5.74, 6) is 0.794. The van der Waals surface area contributed by atoms with Crippen molar-refractivity contribution in [1.82, 2.24) is 4.90 Å². The first-order valence-corrected chi connectivity index (χ1v) is 11.8. The highest BCUT2D eigenvalue weighted by Crippen LogP contribution is 2.20. The summed E-state index contributed by atoms with van der Waals surface area (Å²) in [7, 11) is 0.770. The minimum atomic E-state index is -1.04. The van der Waals surface area contributed by atoms with Crippen LogP contribution in [0.25, 0.3) is 0 Å². The van der Waals surface area contributed by atoms with Gasteiger partial charge < -0.3 is 14.4 Å². The Kier molecular flexibility index (Phi) is 8.36. The third kappa shape index (κ3) is 7.00. The Hall–Kier alpha value is -1.60. The van der Waals surface area contributed by atoms with Gasteiger partial charge in [0.05, 0.1) is 0 Å². The molecule has 0 aliphatic carbocycles. The van der Waals surface area contributed by atoms with Crippen molar-refractivity contribution in [3.8, 4) is 5.75 Å². The van der Waals surface area contributed by atoms with Gasteiger partial charge in [-0.2, -0.15) is 0 Å². The van der Waals surface area contributed by atoms with Crippen molar-refractivity contribution in [3.63, 3.8) is 0 Å². The predicted molar refractivity (Wildman–Crippen MR) is 120 cm³/mol. The molecule has 0 radical (unpaired) electrons. The van der Waals surface area contributed by atoms with Crippen molar-refractivity contribution in [2.45, 2.75) is 18.9 Å². The lowest BCUT2D eigenvalue weighted by molar-refractivity contribution is 0.0210. The SMILES string of the molecule is CN(c1ccc(OCC2CN(CCc3cccc(Cl)c3)CCCO2)cc1)S(C)=O. The number of halogens is 1. The number of benzene rings is 2. The molecule has 1 aliphatic heterocycles. The average Bonchev–Trinajstić information content (AvgIpc) is 2.96. The third-order valence-corrected chi connectivity index (χ3v) is 6.28. The maximum Gasteiger partial charge on any atom is 0.119 e. The fourth-order valence-corrected chi connectivity index (χ4v) is 3.98. The molecule has 158 valence electrons. The number of hydrogen-bond acceptors (Lipinski definition) is 4. The number of nitrogens with zero attached hydrogens (tertiary/aromatic N) is 2. The average molecular weight is 437 g/mol. The molecule has 0 spiro atoms. The monoisotopic (exact) mass is 436 g/mol. The summed E-state index contributed by atoms with van der Waals surface area (Å²) in [5.41, 5.74) is 2.16. The summed E-state index contributed by atoms with van der Waals surface area (Å²) in [6.07, 6.45) is 3.71. The van der Waals surface area contributed by atoms with E-state index in [4.69, 9.17) is 21.1 Å². The van der Waals surface area contributed by atoms with E-state index in [9.17, 15) is 4.21 Å². The molecule has 0 saturated carbocycles. The lowest BCUT2D eigenvalue weighted by Gasteiger charge is -2.24. The van der Waals surface area contributed by atoms with Gasteiger partial charge in [-0.3, -0.25) is 4.31 Å². The van der Waals surface area contributed by atoms with E-state index in [0.717, 1.165) is 55.5 Å². The minimum absolute atomic E-state index is 0.0438. The number of ether oxygens (including phenoxy) is 2. The van der Waals surface area contributed by atoms with E-state index in [0.29, 0.717) is 6.61 Å². The second-order valence-electron chi connectivity index (χ2n) is 7.25. The molecular weight excluding hydrogens is 408 g/mol. The molecule has 1 aliphatic rings. The molecule has 7 heteroatoms. The molecule has 2 unspecified atom stereocenters. The third-order valence-electron chi connectivity index (χ3n) is 5.06. The molecule has 1 saturated heterocycles. The Morgan fingerprint density at radius 1 is 1.28 bits per heavy atom. The standard InChI is InChI=1S/C22H29ClN2O3S/c1-24(29(2)26)20-7-9-21(10-8-20)28-17-22-16-25(12-4-14-27-22)13-11-18-5-3-6-19(23)15-18/h3,5-10,15,22H,4,11-14,16-17H2,1-2H3. The molecule has 2 aromatic carbocycles. The Bertz CT molecular complexity index is 803. The molecule has 0 amide bonds. The fraction of sp³-hybridized carbons (Fsp3) is 0.455. The Morgan fingerprint density at radius 2 is 2.07 bits per heavy atom. The van der Waals surface area contributed by atoms with Gasteiger partial charge >= 0.3 is 0 Å². The Morgan fingerprint density at radius 3 is 2.79 bits per heavy atom. The first-order valence-electron chi connectivity index (χ1n) is 9.90. The highest BCUT2D eigenvalue weighted by Gasteiger charge is 2.19. The summed E-state index contributed by atoms with van der Waals surface area (Å²) >= 11 is 6.09. The van der Waals surface area contributed by atoms with Gasteiger partial charge in [0.2, 0.25) is 0 Å². The summed E-state index contributed by atoms with van der Waals surface area (Å²) in [6.45, 7) is 4.15. The molecule has 0 aromatic heterocycles. The summed E-state index contributed by atoms with van der Waals surface area (Å²) in [6, 6.07) is 15.7. The summed E-state index contributed by atoms with van der Waals surface area (Å²) in [5, 5.41) is 0.787. The zero-order valence-electron chi connectivity index (χ0n) is 17.1. The van der Waals surface area contributed by atoms with E-state index in [2.05, 4.69) is 11.0 Å². The molecule has 5 nitrogen and oxygen atoms in total. The molecule has 29 heavy (non-hydrogen) atoms. The van der Waals surface area contributed by atoms with Gasteiger partial charge in [0.1, 0.15) is 29.4 Å². The van der Waals surface area contributed by atoms with E-state index >= 15 is 0 Å². The molecule has 2 atom stereocenters. The molecule has 0 bridgehead atoms. The van der Waals surface area contributed by atoms with Crippen molar-refractivity contribution >= 4 is 28.3 Å². The minimum Gasteiger partial charge on any atom is -0.491 e. The van der Waals surface area contributed by atoms with Crippen molar-refractivity contribution in [2.24, 2.45) is 0 Å². The topological polar surface area (TPSA) is 42.0 Å². The molecule has 0 N–H and O–H groups in total. The van der Waals surface area contributed by atoms with Crippen LogP contribution in [0.5, 0.6) is 5.75 Å². The molecular formula is C22H29ClN2O3S. The lowest BCUT2D eigenvalue weighted by Crippen LogP contribution is -2.36. The van der Waals surface area contributed by atoms with E-state index in [1.54, 1.807) is 10.6 Å². The first-order chi connectivity index (χ1) is 14.0. The van der Waals surface area contributed by atoms with E-state index in [-0.39, 0.29) is 6.10 Å². The number of anilines is 1. The predicted octanol–water partition coefficient (Wildman–Crippen LogP) is 3.78. The maximum atomic E-state index is 11.6. The van der Waals surface area contributed by atoms with Crippen molar-refractivity contribution in [2.75, 3.05) is 50.5 Å². The van der Waals surface area contributed by atoms with Crippen LogP contribution in [0.2, 0.25) is 5.02 Å². The van der Waals surface area contributed by atoms with Gasteiger partial charge in [-0.15, -0.1) is 0 Å². The van der Waals surface area contributed by atoms with E-state index < -0.39 is 11.0 Å². The molecule has 2 aromatic rings. The molecule has 1 fully saturated rings. The highest BCUT2D eigenvalue weighted by molar-refractivity contribution is 7.85. The van der Waals surface area contributed by atoms with Gasteiger partial charge in [0, 0.05) is 50.3 Å². The smallest absolute Gasteiger partial charge is 0.119 e. The Labute approximate surface area is 181 Å². The largest absolute Gasteiger partial charge is 0.491 e. The van der Waals surface area contributed by atoms with Gasteiger partial charge in [0.15, 0.2) is 0 Å². The zero-order valence-corrected chi connectivity index (χ0v) is 18.6. The van der Waals surface area contributed by atoms with Crippen LogP contribution in [0.1, 0.15) is 12.0 Å². The van der Waals surface area contributed by atoms with Crippen LogP contribution in [0, 0.1) is 0 Å². The van der Waals surface area contributed by atoms with Crippen LogP contribution in [-0.4, -0.2) is 61.4 Å². The van der Waals surface area contributed by atoms with Gasteiger partial charge in [-0.05, 0) is 54.8 Å². The second-order valence-corrected chi connectivity index (χ2v) is 9.08. The summed E-state index contributed by atoms with van der Waals surface area (Å²) in [4.78, 5) is 2.44. The maximum absolute atomic E-state index is 11.6. The quantitative estimate of drug-likeness (QED) is 0.631. The van der Waals surface area contributed by atoms with Crippen molar-refractivity contribution in [1.29, 1.82) is 0 Å². The molecule has 3 rings (SSSR count). The summed E-state index contributed by atoms with van der Waals surface area (Å²) < 4.78 is 25.2. The van der Waals surface area contributed by atoms with E-state index in [1.165, 1.54) is 5.56 Å². The zero-order chi connectivity index (χ0) is 20.6. The van der Waals surface area contributed by atoms with Crippen molar-refractivity contribution < 1.29 is 13.7 Å². The van der Waals surface area contributed by atoms with Crippen LogP contribution >= 0.6 is 11.6 Å². The van der Waals surface area contributed by atoms with Crippen molar-refractivity contribution in [3.05, 3.63) is 59.1 Å². The fourth-order valence-electron chi connectivity index (χ4n) is 3.34. The van der Waals surface area contributed by atoms with Gasteiger partial charge in [-0.1, -0.05) is 23.7 Å². The highest BCUT2D eigenvalue weighted by atomic mass is 35.5. The number of rotatable bonds is 8. The van der Waals surface area contributed by atoms with Crippen LogP contribution < -0.4 is 9.04 Å². The van der Waals surface area contributed by atoms with Gasteiger partial charge in [0.25, 0.3) is 0 Å². The van der Waals surface area contributed by atoms with Crippen LogP contribution in [0.15, 0.2) is 48.5 Å². The van der Waals surface area contributed by atoms with E-state index in [1.807, 2.05) is 49.5 Å². The Balaban J connectivity index is 1.49. The normalized spacial score (nSPS) is 18.8. The van der Waals surface area contributed by atoms with Gasteiger partial charge in [-0.25, -0.2) is 4.21 Å². The van der Waals surface area contributed by atoms with Crippen LogP contribution in [-0.2, 0) is 22.1 Å². The molecule has 1 heterocycles. The number of hydrogen-bond donors (Lipinski definition) is 0. The first kappa shape index (κ1) is 22.1. The van der Waals surface area contributed by atoms with Crippen LogP contribution in [0.4, 0.5) is 5.69 Å². The van der Waals surface area contributed by atoms with Crippen LogP contribution in [0.3, 0.4) is 0 Å².